The highest BCUT2D eigenvalue weighted by Crippen LogP contribution is 2.41. The van der Waals surface area contributed by atoms with Gasteiger partial charge in [-0.15, -0.1) is 0 Å². The molecule has 1 saturated carbocycles. The molecule has 0 spiro atoms. The molecule has 4 atom stereocenters. The molecule has 130 valence electrons. The minimum absolute atomic E-state index is 0.00495. The third kappa shape index (κ3) is 4.73. The van der Waals surface area contributed by atoms with Crippen LogP contribution in [-0.2, 0) is 4.79 Å². The fraction of sp³-hybridized carbons (Fsp3) is 0.688. The van der Waals surface area contributed by atoms with Gasteiger partial charge in [0.2, 0.25) is 5.91 Å². The Balaban J connectivity index is 1.91. The van der Waals surface area contributed by atoms with Gasteiger partial charge in [0.05, 0.1) is 12.2 Å². The number of aliphatic hydroxyl groups excluding tert-OH is 1. The Bertz CT molecular complexity index is 501. The first-order chi connectivity index (χ1) is 10.8. The lowest BCUT2D eigenvalue weighted by Crippen LogP contribution is -2.45. The number of carbonyl (C=O) groups excluding carboxylic acids is 1. The van der Waals surface area contributed by atoms with Crippen molar-refractivity contribution in [1.82, 2.24) is 5.32 Å². The fourth-order valence-corrected chi connectivity index (χ4v) is 3.18. The summed E-state index contributed by atoms with van der Waals surface area (Å²) in [4.78, 5) is 12.2. The minimum Gasteiger partial charge on any atom is -0.467 e. The molecule has 0 aromatic carbocycles. The standard InChI is InChI=1S/C16H22F3NO3/c1-10(9-13(21)14-7-4-8-23-14)20-15(22)11-5-2-3-6-12(11)16(17,18)19/h4,7-8,10-13,21H,2-3,5-6,9H2,1H3,(H,20,22). The van der Waals surface area contributed by atoms with Gasteiger partial charge in [-0.25, -0.2) is 0 Å². The fourth-order valence-electron chi connectivity index (χ4n) is 3.18. The maximum absolute atomic E-state index is 13.1. The van der Waals surface area contributed by atoms with Gasteiger partial charge in [0, 0.05) is 18.4 Å². The summed E-state index contributed by atoms with van der Waals surface area (Å²) in [5.74, 6) is -2.81. The molecular weight excluding hydrogens is 311 g/mol. The van der Waals surface area contributed by atoms with Crippen LogP contribution in [-0.4, -0.2) is 23.2 Å². The molecule has 1 fully saturated rings. The lowest BCUT2D eigenvalue weighted by molar-refractivity contribution is -0.198. The summed E-state index contributed by atoms with van der Waals surface area (Å²) in [6.07, 6.45) is -2.24. The second-order valence-corrected chi connectivity index (χ2v) is 6.22. The van der Waals surface area contributed by atoms with E-state index in [1.54, 1.807) is 19.1 Å². The molecule has 0 aliphatic heterocycles. The number of nitrogens with one attached hydrogen (secondary N) is 1. The summed E-state index contributed by atoms with van der Waals surface area (Å²) in [5, 5.41) is 12.6. The van der Waals surface area contributed by atoms with E-state index in [1.165, 1.54) is 6.26 Å². The van der Waals surface area contributed by atoms with Crippen LogP contribution in [0, 0.1) is 11.8 Å². The molecular formula is C16H22F3NO3. The first kappa shape index (κ1) is 17.8. The minimum atomic E-state index is -4.35. The van der Waals surface area contributed by atoms with Gasteiger partial charge >= 0.3 is 6.18 Å². The third-order valence-electron chi connectivity index (χ3n) is 4.36. The molecule has 1 heterocycles. The van der Waals surface area contributed by atoms with Gasteiger partial charge in [-0.05, 0) is 31.9 Å². The summed E-state index contributed by atoms with van der Waals surface area (Å²) < 4.78 is 44.2. The molecule has 4 unspecified atom stereocenters. The van der Waals surface area contributed by atoms with E-state index >= 15 is 0 Å². The van der Waals surface area contributed by atoms with E-state index in [0.717, 1.165) is 0 Å². The normalized spacial score (nSPS) is 24.9. The van der Waals surface area contributed by atoms with Crippen LogP contribution in [0.5, 0.6) is 0 Å². The largest absolute Gasteiger partial charge is 0.467 e. The van der Waals surface area contributed by atoms with Crippen molar-refractivity contribution in [3.63, 3.8) is 0 Å². The number of alkyl halides is 3. The Kier molecular flexibility index (Phi) is 5.73. The zero-order chi connectivity index (χ0) is 17.0. The molecule has 1 aromatic rings. The molecule has 1 aliphatic carbocycles. The van der Waals surface area contributed by atoms with E-state index < -0.39 is 36.1 Å². The molecule has 2 rings (SSSR count). The highest BCUT2D eigenvalue weighted by atomic mass is 19.4. The van der Waals surface area contributed by atoms with Gasteiger partial charge in [-0.2, -0.15) is 13.2 Å². The average Bonchev–Trinajstić information content (AvgIpc) is 3.00. The van der Waals surface area contributed by atoms with Crippen molar-refractivity contribution in [3.8, 4) is 0 Å². The number of furan rings is 1. The number of halogens is 3. The quantitative estimate of drug-likeness (QED) is 0.866. The smallest absolute Gasteiger partial charge is 0.392 e. The molecule has 1 aliphatic rings. The van der Waals surface area contributed by atoms with Crippen molar-refractivity contribution in [2.45, 2.75) is 57.3 Å². The summed E-state index contributed by atoms with van der Waals surface area (Å²) in [7, 11) is 0. The number of rotatable bonds is 5. The first-order valence-corrected chi connectivity index (χ1v) is 7.87. The second kappa shape index (κ2) is 7.38. The molecule has 1 amide bonds. The van der Waals surface area contributed by atoms with Crippen LogP contribution >= 0.6 is 0 Å². The molecule has 1 aromatic heterocycles. The van der Waals surface area contributed by atoms with Crippen LogP contribution in [0.4, 0.5) is 13.2 Å². The van der Waals surface area contributed by atoms with Crippen LogP contribution in [0.15, 0.2) is 22.8 Å². The molecule has 0 saturated heterocycles. The van der Waals surface area contributed by atoms with Gasteiger partial charge < -0.3 is 14.8 Å². The molecule has 23 heavy (non-hydrogen) atoms. The van der Waals surface area contributed by atoms with Gasteiger partial charge in [-0.1, -0.05) is 12.8 Å². The van der Waals surface area contributed by atoms with Crippen LogP contribution < -0.4 is 5.32 Å². The van der Waals surface area contributed by atoms with Gasteiger partial charge in [-0.3, -0.25) is 4.79 Å². The summed E-state index contributed by atoms with van der Waals surface area (Å²) in [5.41, 5.74) is 0. The molecule has 2 N–H and O–H groups in total. The molecule has 7 heteroatoms. The topological polar surface area (TPSA) is 62.5 Å². The lowest BCUT2D eigenvalue weighted by atomic mass is 9.78. The van der Waals surface area contributed by atoms with E-state index in [0.29, 0.717) is 18.6 Å². The third-order valence-corrected chi connectivity index (χ3v) is 4.36. The van der Waals surface area contributed by atoms with Crippen molar-refractivity contribution < 1.29 is 27.5 Å². The highest BCUT2D eigenvalue weighted by molar-refractivity contribution is 5.79. The maximum Gasteiger partial charge on any atom is 0.392 e. The van der Waals surface area contributed by atoms with Crippen LogP contribution in [0.1, 0.15) is 50.9 Å². The second-order valence-electron chi connectivity index (χ2n) is 6.22. The van der Waals surface area contributed by atoms with Crippen molar-refractivity contribution in [2.75, 3.05) is 0 Å². The number of aliphatic hydroxyl groups is 1. The average molecular weight is 333 g/mol. The number of amides is 1. The van der Waals surface area contributed by atoms with Crippen molar-refractivity contribution in [3.05, 3.63) is 24.2 Å². The zero-order valence-corrected chi connectivity index (χ0v) is 13.0. The lowest BCUT2D eigenvalue weighted by Gasteiger charge is -2.32. The Labute approximate surface area is 133 Å². The zero-order valence-electron chi connectivity index (χ0n) is 13.0. The Morgan fingerprint density at radius 1 is 1.43 bits per heavy atom. The molecule has 0 radical (unpaired) electrons. The highest BCUT2D eigenvalue weighted by Gasteiger charge is 2.48. The van der Waals surface area contributed by atoms with Gasteiger partial charge in [0.25, 0.3) is 0 Å². The van der Waals surface area contributed by atoms with Crippen LogP contribution in [0.2, 0.25) is 0 Å². The van der Waals surface area contributed by atoms with E-state index in [-0.39, 0.29) is 19.3 Å². The summed E-state index contributed by atoms with van der Waals surface area (Å²) in [6, 6.07) is 2.80. The summed E-state index contributed by atoms with van der Waals surface area (Å²) >= 11 is 0. The van der Waals surface area contributed by atoms with Gasteiger partial charge in [0.1, 0.15) is 11.9 Å². The number of carbonyl (C=O) groups is 1. The molecule has 0 bridgehead atoms. The van der Waals surface area contributed by atoms with Crippen LogP contribution in [0.25, 0.3) is 0 Å². The van der Waals surface area contributed by atoms with E-state index in [1.807, 2.05) is 0 Å². The van der Waals surface area contributed by atoms with E-state index in [9.17, 15) is 23.1 Å². The predicted molar refractivity (Wildman–Crippen MR) is 77.4 cm³/mol. The first-order valence-electron chi connectivity index (χ1n) is 7.87. The Morgan fingerprint density at radius 3 is 2.74 bits per heavy atom. The number of hydrogen-bond donors (Lipinski definition) is 2. The van der Waals surface area contributed by atoms with Crippen molar-refractivity contribution in [1.29, 1.82) is 0 Å². The maximum atomic E-state index is 13.1. The van der Waals surface area contributed by atoms with Crippen LogP contribution in [0.3, 0.4) is 0 Å². The van der Waals surface area contributed by atoms with Crippen molar-refractivity contribution in [2.24, 2.45) is 11.8 Å². The summed E-state index contributed by atoms with van der Waals surface area (Å²) in [6.45, 7) is 1.66. The monoisotopic (exact) mass is 333 g/mol. The van der Waals surface area contributed by atoms with Gasteiger partial charge in [0.15, 0.2) is 0 Å². The Hall–Kier alpha value is -1.50. The number of hydrogen-bond acceptors (Lipinski definition) is 3. The Morgan fingerprint density at radius 2 is 2.13 bits per heavy atom. The SMILES string of the molecule is CC(CC(O)c1ccco1)NC(=O)C1CCCCC1C(F)(F)F. The van der Waals surface area contributed by atoms with E-state index in [2.05, 4.69) is 5.32 Å². The van der Waals surface area contributed by atoms with E-state index in [4.69, 9.17) is 4.42 Å². The van der Waals surface area contributed by atoms with Crippen molar-refractivity contribution >= 4 is 5.91 Å². The predicted octanol–water partition coefficient (Wildman–Crippen LogP) is 3.58. The molecule has 4 nitrogen and oxygen atoms in total.